The molecular formula is C25H28O6. The number of methoxy groups -OCH3 is 2. The zero-order chi connectivity index (χ0) is 23.2. The van der Waals surface area contributed by atoms with E-state index in [0.717, 1.165) is 5.56 Å². The summed E-state index contributed by atoms with van der Waals surface area (Å²) in [6.07, 6.45) is 6.05. The van der Waals surface area contributed by atoms with Gasteiger partial charge in [0.15, 0.2) is 0 Å². The summed E-state index contributed by atoms with van der Waals surface area (Å²) in [7, 11) is 2.98. The Morgan fingerprint density at radius 2 is 1.32 bits per heavy atom. The molecule has 0 aliphatic rings. The molecule has 164 valence electrons. The molecule has 6 heteroatoms. The highest BCUT2D eigenvalue weighted by Crippen LogP contribution is 2.24. The van der Waals surface area contributed by atoms with E-state index in [0.29, 0.717) is 35.5 Å². The Hall–Kier alpha value is -3.80. The van der Waals surface area contributed by atoms with Crippen LogP contribution >= 0.6 is 0 Å². The Morgan fingerprint density at radius 1 is 0.839 bits per heavy atom. The van der Waals surface area contributed by atoms with Gasteiger partial charge in [-0.3, -0.25) is 0 Å². The number of carbonyl (C=O) groups is 2. The average Bonchev–Trinajstić information content (AvgIpc) is 2.77. The van der Waals surface area contributed by atoms with Crippen molar-refractivity contribution in [2.24, 2.45) is 0 Å². The molecule has 0 bridgehead atoms. The van der Waals surface area contributed by atoms with Crippen LogP contribution < -0.4 is 9.47 Å². The maximum Gasteiger partial charge on any atom is 0.342 e. The molecule has 0 fully saturated rings. The highest BCUT2D eigenvalue weighted by Gasteiger charge is 2.17. The van der Waals surface area contributed by atoms with E-state index in [2.05, 4.69) is 19.7 Å². The number of carboxylic acids is 1. The number of esters is 1. The van der Waals surface area contributed by atoms with E-state index in [-0.39, 0.29) is 12.2 Å². The molecule has 0 amide bonds. The second-order valence-electron chi connectivity index (χ2n) is 6.17. The Morgan fingerprint density at radius 3 is 1.74 bits per heavy atom. The largest absolute Gasteiger partial charge is 0.496 e. The van der Waals surface area contributed by atoms with Crippen LogP contribution in [0, 0.1) is 0 Å². The number of hydrogen-bond acceptors (Lipinski definition) is 5. The molecule has 0 radical (unpaired) electrons. The summed E-state index contributed by atoms with van der Waals surface area (Å²) in [6.45, 7) is 10.9. The number of hydrogen-bond donors (Lipinski definition) is 1. The molecule has 0 aromatic heterocycles. The van der Waals surface area contributed by atoms with Gasteiger partial charge in [0, 0.05) is 0 Å². The van der Waals surface area contributed by atoms with Crippen molar-refractivity contribution >= 4 is 11.9 Å². The SMILES string of the molecule is C=CCOC(=O)c1c(CC=C)cccc1OC.C=CCc1cccc(OC)c1C(=O)O. The smallest absolute Gasteiger partial charge is 0.342 e. The molecule has 0 saturated carbocycles. The lowest BCUT2D eigenvalue weighted by molar-refractivity contribution is 0.0544. The van der Waals surface area contributed by atoms with Gasteiger partial charge in [0.1, 0.15) is 29.2 Å². The molecule has 2 aromatic carbocycles. The van der Waals surface area contributed by atoms with Gasteiger partial charge in [-0.15, -0.1) is 13.2 Å². The van der Waals surface area contributed by atoms with Crippen LogP contribution in [0.25, 0.3) is 0 Å². The van der Waals surface area contributed by atoms with Crippen LogP contribution in [-0.4, -0.2) is 37.9 Å². The van der Waals surface area contributed by atoms with Crippen molar-refractivity contribution in [3.05, 3.63) is 96.6 Å². The lowest BCUT2D eigenvalue weighted by Gasteiger charge is -2.11. The Bertz CT molecular complexity index is 930. The molecule has 2 aromatic rings. The monoisotopic (exact) mass is 424 g/mol. The predicted molar refractivity (Wildman–Crippen MR) is 121 cm³/mol. The van der Waals surface area contributed by atoms with Crippen molar-refractivity contribution < 1.29 is 28.9 Å². The van der Waals surface area contributed by atoms with E-state index >= 15 is 0 Å². The molecule has 0 unspecified atom stereocenters. The van der Waals surface area contributed by atoms with Crippen molar-refractivity contribution in [3.8, 4) is 11.5 Å². The van der Waals surface area contributed by atoms with Gasteiger partial charge >= 0.3 is 11.9 Å². The molecule has 31 heavy (non-hydrogen) atoms. The van der Waals surface area contributed by atoms with Gasteiger partial charge in [-0.2, -0.15) is 0 Å². The van der Waals surface area contributed by atoms with Gasteiger partial charge < -0.3 is 19.3 Å². The van der Waals surface area contributed by atoms with Gasteiger partial charge in [-0.05, 0) is 36.1 Å². The van der Waals surface area contributed by atoms with Crippen LogP contribution in [0.4, 0.5) is 0 Å². The van der Waals surface area contributed by atoms with Crippen LogP contribution in [0.5, 0.6) is 11.5 Å². The van der Waals surface area contributed by atoms with Crippen molar-refractivity contribution in [1.29, 1.82) is 0 Å². The lowest BCUT2D eigenvalue weighted by atomic mass is 10.0. The third-order valence-corrected chi connectivity index (χ3v) is 4.14. The maximum absolute atomic E-state index is 11.9. The molecule has 0 saturated heterocycles. The predicted octanol–water partition coefficient (Wildman–Crippen LogP) is 4.89. The van der Waals surface area contributed by atoms with Crippen LogP contribution in [0.3, 0.4) is 0 Å². The van der Waals surface area contributed by atoms with E-state index in [1.165, 1.54) is 20.3 Å². The zero-order valence-electron chi connectivity index (χ0n) is 17.9. The fraction of sp³-hybridized carbons (Fsp3) is 0.200. The molecule has 0 spiro atoms. The average molecular weight is 424 g/mol. The minimum absolute atomic E-state index is 0.185. The molecule has 2 rings (SSSR count). The molecule has 0 aliphatic carbocycles. The van der Waals surface area contributed by atoms with Crippen molar-refractivity contribution in [2.75, 3.05) is 20.8 Å². The summed E-state index contributed by atoms with van der Waals surface area (Å²) in [5.74, 6) is -0.478. The number of allylic oxidation sites excluding steroid dienone is 2. The summed E-state index contributed by atoms with van der Waals surface area (Å²) in [5, 5.41) is 8.99. The molecule has 0 aliphatic heterocycles. The number of ether oxygens (including phenoxy) is 3. The maximum atomic E-state index is 11.9. The standard InChI is InChI=1S/C14H16O3.C11H12O3/c1-4-7-11-8-6-9-12(16-3)13(11)14(15)17-10-5-2;1-3-5-8-6-4-7-9(14-2)10(8)11(12)13/h4-6,8-9H,1-2,7,10H2,3H3;3-4,6-7H,1,5H2,2H3,(H,12,13). The number of benzene rings is 2. The first-order valence-electron chi connectivity index (χ1n) is 9.49. The minimum atomic E-state index is -0.973. The Kier molecular flexibility index (Phi) is 10.9. The van der Waals surface area contributed by atoms with Crippen molar-refractivity contribution in [1.82, 2.24) is 0 Å². The normalized spacial score (nSPS) is 9.48. The van der Waals surface area contributed by atoms with E-state index in [1.54, 1.807) is 36.4 Å². The van der Waals surface area contributed by atoms with E-state index < -0.39 is 11.9 Å². The van der Waals surface area contributed by atoms with E-state index in [9.17, 15) is 9.59 Å². The summed E-state index contributed by atoms with van der Waals surface area (Å²) >= 11 is 0. The van der Waals surface area contributed by atoms with Crippen molar-refractivity contribution in [3.63, 3.8) is 0 Å². The summed E-state index contributed by atoms with van der Waals surface area (Å²) in [4.78, 5) is 22.9. The van der Waals surface area contributed by atoms with Gasteiger partial charge in [0.2, 0.25) is 0 Å². The van der Waals surface area contributed by atoms with Crippen LogP contribution in [0.2, 0.25) is 0 Å². The number of aromatic carboxylic acids is 1. The van der Waals surface area contributed by atoms with Crippen LogP contribution in [0.15, 0.2) is 74.4 Å². The number of carboxylic acid groups (broad SMARTS) is 1. The first-order valence-corrected chi connectivity index (χ1v) is 9.49. The Labute approximate surface area is 183 Å². The lowest BCUT2D eigenvalue weighted by Crippen LogP contribution is -2.10. The van der Waals surface area contributed by atoms with E-state index in [1.807, 2.05) is 12.1 Å². The third-order valence-electron chi connectivity index (χ3n) is 4.14. The topological polar surface area (TPSA) is 82.1 Å². The molecular weight excluding hydrogens is 396 g/mol. The second-order valence-corrected chi connectivity index (χ2v) is 6.17. The highest BCUT2D eigenvalue weighted by molar-refractivity contribution is 5.94. The van der Waals surface area contributed by atoms with Crippen LogP contribution in [0.1, 0.15) is 31.8 Å². The molecule has 0 atom stereocenters. The van der Waals surface area contributed by atoms with Gasteiger partial charge in [0.05, 0.1) is 14.2 Å². The number of carbonyl (C=O) groups excluding carboxylic acids is 1. The van der Waals surface area contributed by atoms with E-state index in [4.69, 9.17) is 19.3 Å². The first-order chi connectivity index (χ1) is 14.9. The zero-order valence-corrected chi connectivity index (χ0v) is 17.9. The van der Waals surface area contributed by atoms with Crippen LogP contribution in [-0.2, 0) is 17.6 Å². The summed E-state index contributed by atoms with van der Waals surface area (Å²) < 4.78 is 15.2. The molecule has 6 nitrogen and oxygen atoms in total. The van der Waals surface area contributed by atoms with Gasteiger partial charge in [-0.25, -0.2) is 9.59 Å². The fourth-order valence-electron chi connectivity index (χ4n) is 2.83. The number of rotatable bonds is 10. The third kappa shape index (κ3) is 7.19. The molecule has 0 heterocycles. The minimum Gasteiger partial charge on any atom is -0.496 e. The first kappa shape index (κ1) is 25.2. The fourth-order valence-corrected chi connectivity index (χ4v) is 2.83. The highest BCUT2D eigenvalue weighted by atomic mass is 16.5. The summed E-state index contributed by atoms with van der Waals surface area (Å²) in [5.41, 5.74) is 2.23. The van der Waals surface area contributed by atoms with Gasteiger partial charge in [0.25, 0.3) is 0 Å². The second kappa shape index (κ2) is 13.4. The Balaban J connectivity index is 0.000000316. The molecule has 1 N–H and O–H groups in total. The quantitative estimate of drug-likeness (QED) is 0.432. The van der Waals surface area contributed by atoms with Gasteiger partial charge in [-0.1, -0.05) is 49.1 Å². The van der Waals surface area contributed by atoms with Crippen molar-refractivity contribution in [2.45, 2.75) is 12.8 Å². The summed E-state index contributed by atoms with van der Waals surface area (Å²) in [6, 6.07) is 10.6.